The molecule has 1 aliphatic heterocycles. The third-order valence-corrected chi connectivity index (χ3v) is 3.60. The monoisotopic (exact) mass is 324 g/mol. The number of likely N-dealkylation sites (tertiary alicyclic amines) is 1. The van der Waals surface area contributed by atoms with Crippen LogP contribution in [0.25, 0.3) is 0 Å². The summed E-state index contributed by atoms with van der Waals surface area (Å²) in [7, 11) is 0. The number of hydrogen-bond acceptors (Lipinski definition) is 3. The number of amides is 2. The number of rotatable bonds is 4. The topological polar surface area (TPSA) is 78.9 Å². The van der Waals surface area contributed by atoms with Crippen molar-refractivity contribution in [3.63, 3.8) is 0 Å². The summed E-state index contributed by atoms with van der Waals surface area (Å²) in [6, 6.07) is 3.46. The minimum absolute atomic E-state index is 0.123. The van der Waals surface area contributed by atoms with E-state index in [1.165, 1.54) is 23.1 Å². The molecule has 126 valence electrons. The van der Waals surface area contributed by atoms with Gasteiger partial charge in [-0.05, 0) is 38.8 Å². The van der Waals surface area contributed by atoms with Crippen LogP contribution in [0.4, 0.5) is 14.9 Å². The SMILES string of the molecule is CC(C)Oc1ccc(F)cc1NC(=O)N1CCCC(C(=O)O)C1. The van der Waals surface area contributed by atoms with Gasteiger partial charge in [0.05, 0.1) is 17.7 Å². The molecule has 0 saturated carbocycles. The Balaban J connectivity index is 2.10. The standard InChI is InChI=1S/C16H21FN2O4/c1-10(2)23-14-6-5-12(17)8-13(14)18-16(22)19-7-3-4-11(9-19)15(20)21/h5-6,8,10-11H,3-4,7,9H2,1-2H3,(H,18,22)(H,20,21). The van der Waals surface area contributed by atoms with Crippen LogP contribution in [0.15, 0.2) is 18.2 Å². The third-order valence-electron chi connectivity index (χ3n) is 3.60. The molecule has 0 spiro atoms. The maximum atomic E-state index is 13.4. The first-order valence-corrected chi connectivity index (χ1v) is 7.61. The molecule has 1 aromatic rings. The van der Waals surface area contributed by atoms with Crippen molar-refractivity contribution in [1.29, 1.82) is 0 Å². The molecule has 23 heavy (non-hydrogen) atoms. The predicted molar refractivity (Wildman–Crippen MR) is 83.1 cm³/mol. The smallest absolute Gasteiger partial charge is 0.321 e. The lowest BCUT2D eigenvalue weighted by Crippen LogP contribution is -2.44. The van der Waals surface area contributed by atoms with E-state index in [1.807, 2.05) is 13.8 Å². The number of piperidine rings is 1. The average Bonchev–Trinajstić information content (AvgIpc) is 2.49. The van der Waals surface area contributed by atoms with E-state index in [0.717, 1.165) is 0 Å². The van der Waals surface area contributed by atoms with Crippen molar-refractivity contribution in [2.45, 2.75) is 32.8 Å². The largest absolute Gasteiger partial charge is 0.489 e. The number of halogens is 1. The fraction of sp³-hybridized carbons (Fsp3) is 0.500. The number of nitrogens with zero attached hydrogens (tertiary/aromatic N) is 1. The van der Waals surface area contributed by atoms with E-state index >= 15 is 0 Å². The van der Waals surface area contributed by atoms with Crippen LogP contribution in [0.1, 0.15) is 26.7 Å². The quantitative estimate of drug-likeness (QED) is 0.892. The van der Waals surface area contributed by atoms with Crippen LogP contribution in [0, 0.1) is 11.7 Å². The molecule has 1 aliphatic rings. The number of ether oxygens (including phenoxy) is 1. The minimum Gasteiger partial charge on any atom is -0.489 e. The molecule has 1 heterocycles. The van der Waals surface area contributed by atoms with Gasteiger partial charge in [0, 0.05) is 19.2 Å². The van der Waals surface area contributed by atoms with E-state index in [1.54, 1.807) is 0 Å². The average molecular weight is 324 g/mol. The molecule has 1 fully saturated rings. The highest BCUT2D eigenvalue weighted by molar-refractivity contribution is 5.91. The van der Waals surface area contributed by atoms with Crippen LogP contribution in [-0.4, -0.2) is 41.2 Å². The Morgan fingerprint density at radius 2 is 2.17 bits per heavy atom. The first-order chi connectivity index (χ1) is 10.9. The van der Waals surface area contributed by atoms with E-state index in [0.29, 0.717) is 25.1 Å². The summed E-state index contributed by atoms with van der Waals surface area (Å²) < 4.78 is 19.0. The molecule has 0 aliphatic carbocycles. The Bertz CT molecular complexity index is 591. The summed E-state index contributed by atoms with van der Waals surface area (Å²) in [6.07, 6.45) is 1.06. The molecule has 0 radical (unpaired) electrons. The van der Waals surface area contributed by atoms with Crippen molar-refractivity contribution in [2.75, 3.05) is 18.4 Å². The van der Waals surface area contributed by atoms with E-state index in [2.05, 4.69) is 5.32 Å². The summed E-state index contributed by atoms with van der Waals surface area (Å²) in [4.78, 5) is 24.8. The molecule has 1 atom stereocenters. The molecule has 1 aromatic carbocycles. The highest BCUT2D eigenvalue weighted by Crippen LogP contribution is 2.27. The summed E-state index contributed by atoms with van der Waals surface area (Å²) in [5.41, 5.74) is 0.237. The molecular weight excluding hydrogens is 303 g/mol. The number of aliphatic carboxylic acids is 1. The second kappa shape index (κ2) is 7.30. The van der Waals surface area contributed by atoms with Gasteiger partial charge < -0.3 is 20.1 Å². The van der Waals surface area contributed by atoms with Crippen LogP contribution in [0.3, 0.4) is 0 Å². The molecule has 0 bridgehead atoms. The lowest BCUT2D eigenvalue weighted by Gasteiger charge is -2.31. The number of urea groups is 1. The Kier molecular flexibility index (Phi) is 5.41. The van der Waals surface area contributed by atoms with Gasteiger partial charge in [0.1, 0.15) is 11.6 Å². The second-order valence-electron chi connectivity index (χ2n) is 5.86. The minimum atomic E-state index is -0.905. The Hall–Kier alpha value is -2.31. The zero-order valence-electron chi connectivity index (χ0n) is 13.2. The summed E-state index contributed by atoms with van der Waals surface area (Å²) >= 11 is 0. The van der Waals surface area contributed by atoms with E-state index in [4.69, 9.17) is 9.84 Å². The first-order valence-electron chi connectivity index (χ1n) is 7.61. The normalized spacial score (nSPS) is 17.9. The fourth-order valence-electron chi connectivity index (χ4n) is 2.51. The van der Waals surface area contributed by atoms with Gasteiger partial charge in [-0.15, -0.1) is 0 Å². The molecular formula is C16H21FN2O4. The van der Waals surface area contributed by atoms with Crippen molar-refractivity contribution in [1.82, 2.24) is 4.90 Å². The van der Waals surface area contributed by atoms with Crippen molar-refractivity contribution in [2.24, 2.45) is 5.92 Å². The number of carbonyl (C=O) groups excluding carboxylic acids is 1. The van der Waals surface area contributed by atoms with Gasteiger partial charge in [-0.3, -0.25) is 4.79 Å². The lowest BCUT2D eigenvalue weighted by molar-refractivity contribution is -0.143. The van der Waals surface area contributed by atoms with Crippen LogP contribution in [0.2, 0.25) is 0 Å². The molecule has 2 N–H and O–H groups in total. The van der Waals surface area contributed by atoms with Gasteiger partial charge in [0.15, 0.2) is 0 Å². The number of carbonyl (C=O) groups is 2. The number of anilines is 1. The Labute approximate surface area is 134 Å². The lowest BCUT2D eigenvalue weighted by atomic mass is 9.99. The van der Waals surface area contributed by atoms with Gasteiger partial charge >= 0.3 is 12.0 Å². The van der Waals surface area contributed by atoms with Crippen molar-refractivity contribution in [3.05, 3.63) is 24.0 Å². The highest BCUT2D eigenvalue weighted by atomic mass is 19.1. The van der Waals surface area contributed by atoms with Crippen molar-refractivity contribution in [3.8, 4) is 5.75 Å². The molecule has 0 aromatic heterocycles. The summed E-state index contributed by atoms with van der Waals surface area (Å²) in [5.74, 6) is -1.58. The Morgan fingerprint density at radius 1 is 1.43 bits per heavy atom. The van der Waals surface area contributed by atoms with Gasteiger partial charge in [0.25, 0.3) is 0 Å². The zero-order valence-corrected chi connectivity index (χ0v) is 13.2. The summed E-state index contributed by atoms with van der Waals surface area (Å²) in [6.45, 7) is 4.29. The fourth-order valence-corrected chi connectivity index (χ4v) is 2.51. The number of benzene rings is 1. The second-order valence-corrected chi connectivity index (χ2v) is 5.86. The number of carboxylic acid groups (broad SMARTS) is 1. The van der Waals surface area contributed by atoms with Crippen LogP contribution in [0.5, 0.6) is 5.75 Å². The predicted octanol–water partition coefficient (Wildman–Crippen LogP) is 2.94. The Morgan fingerprint density at radius 3 is 2.83 bits per heavy atom. The first kappa shape index (κ1) is 17.1. The number of carboxylic acids is 1. The molecule has 2 rings (SSSR count). The zero-order chi connectivity index (χ0) is 17.0. The van der Waals surface area contributed by atoms with E-state index in [9.17, 15) is 14.0 Å². The van der Waals surface area contributed by atoms with Crippen LogP contribution < -0.4 is 10.1 Å². The van der Waals surface area contributed by atoms with Crippen molar-refractivity contribution < 1.29 is 23.8 Å². The molecule has 1 unspecified atom stereocenters. The van der Waals surface area contributed by atoms with Gasteiger partial charge in [-0.25, -0.2) is 9.18 Å². The maximum absolute atomic E-state index is 13.4. The van der Waals surface area contributed by atoms with Crippen LogP contribution >= 0.6 is 0 Å². The van der Waals surface area contributed by atoms with E-state index in [-0.39, 0.29) is 18.3 Å². The number of nitrogens with one attached hydrogen (secondary N) is 1. The highest BCUT2D eigenvalue weighted by Gasteiger charge is 2.28. The van der Waals surface area contributed by atoms with Gasteiger partial charge in [-0.1, -0.05) is 0 Å². The summed E-state index contributed by atoms with van der Waals surface area (Å²) in [5, 5.41) is 11.7. The molecule has 7 heteroatoms. The van der Waals surface area contributed by atoms with E-state index < -0.39 is 23.7 Å². The molecule has 2 amide bonds. The maximum Gasteiger partial charge on any atom is 0.321 e. The van der Waals surface area contributed by atoms with Crippen LogP contribution in [-0.2, 0) is 4.79 Å². The van der Waals surface area contributed by atoms with Gasteiger partial charge in [-0.2, -0.15) is 0 Å². The van der Waals surface area contributed by atoms with Crippen molar-refractivity contribution >= 4 is 17.7 Å². The molecule has 1 saturated heterocycles. The third kappa shape index (κ3) is 4.58. The number of hydrogen-bond donors (Lipinski definition) is 2. The molecule has 6 nitrogen and oxygen atoms in total. The van der Waals surface area contributed by atoms with Gasteiger partial charge in [0.2, 0.25) is 0 Å².